The second kappa shape index (κ2) is 4.24. The molecular formula is C10H23NO. The molecule has 0 aromatic heterocycles. The fourth-order valence-electron chi connectivity index (χ4n) is 0.745. The molecule has 0 bridgehead atoms. The van der Waals surface area contributed by atoms with Gasteiger partial charge in [0, 0.05) is 13.1 Å². The van der Waals surface area contributed by atoms with E-state index in [4.69, 9.17) is 5.11 Å². The van der Waals surface area contributed by atoms with Crippen LogP contribution in [0.15, 0.2) is 0 Å². The van der Waals surface area contributed by atoms with Crippen LogP contribution in [0.1, 0.15) is 34.6 Å². The molecule has 0 aromatic rings. The highest BCUT2D eigenvalue weighted by atomic mass is 16.3. The smallest absolute Gasteiger partial charge is 0.0555 e. The minimum absolute atomic E-state index is 0.222. The van der Waals surface area contributed by atoms with E-state index in [9.17, 15) is 0 Å². The quantitative estimate of drug-likeness (QED) is 0.633. The molecule has 2 heteroatoms. The molecule has 0 rings (SSSR count). The standard InChI is InChI=1S/C10H23NO/c1-9(2,3)10(4,5)8-11-6-7-12/h11-12H,6-8H2,1-5H3. The summed E-state index contributed by atoms with van der Waals surface area (Å²) in [6, 6.07) is 0. The molecule has 0 aliphatic heterocycles. The van der Waals surface area contributed by atoms with Gasteiger partial charge in [-0.3, -0.25) is 0 Å². The fraction of sp³-hybridized carbons (Fsp3) is 1.00. The summed E-state index contributed by atoms with van der Waals surface area (Å²) in [7, 11) is 0. The second-order valence-electron chi connectivity index (χ2n) is 5.03. The number of hydrogen-bond donors (Lipinski definition) is 2. The maximum Gasteiger partial charge on any atom is 0.0555 e. The summed E-state index contributed by atoms with van der Waals surface area (Å²) in [6.07, 6.45) is 0. The lowest BCUT2D eigenvalue weighted by Gasteiger charge is -2.39. The Morgan fingerprint density at radius 2 is 1.58 bits per heavy atom. The van der Waals surface area contributed by atoms with Crippen LogP contribution < -0.4 is 5.32 Å². The van der Waals surface area contributed by atoms with Crippen LogP contribution in [0.4, 0.5) is 0 Å². The van der Waals surface area contributed by atoms with Gasteiger partial charge in [-0.1, -0.05) is 34.6 Å². The number of nitrogens with one attached hydrogen (secondary N) is 1. The zero-order valence-corrected chi connectivity index (χ0v) is 9.07. The average Bonchev–Trinajstić information content (AvgIpc) is 1.85. The van der Waals surface area contributed by atoms with Gasteiger partial charge >= 0.3 is 0 Å². The predicted molar refractivity (Wildman–Crippen MR) is 53.2 cm³/mol. The van der Waals surface area contributed by atoms with Crippen LogP contribution in [0.2, 0.25) is 0 Å². The van der Waals surface area contributed by atoms with Crippen LogP contribution in [0.3, 0.4) is 0 Å². The molecule has 12 heavy (non-hydrogen) atoms. The van der Waals surface area contributed by atoms with E-state index in [-0.39, 0.29) is 12.0 Å². The number of rotatable bonds is 4. The topological polar surface area (TPSA) is 32.3 Å². The van der Waals surface area contributed by atoms with Crippen molar-refractivity contribution in [2.75, 3.05) is 19.7 Å². The van der Waals surface area contributed by atoms with Crippen molar-refractivity contribution < 1.29 is 5.11 Å². The van der Waals surface area contributed by atoms with E-state index in [0.29, 0.717) is 12.0 Å². The Morgan fingerprint density at radius 3 is 1.92 bits per heavy atom. The molecule has 0 fully saturated rings. The summed E-state index contributed by atoms with van der Waals surface area (Å²) in [6.45, 7) is 13.1. The van der Waals surface area contributed by atoms with Crippen LogP contribution in [-0.2, 0) is 0 Å². The highest BCUT2D eigenvalue weighted by Gasteiger charge is 2.31. The van der Waals surface area contributed by atoms with E-state index in [1.54, 1.807) is 0 Å². The van der Waals surface area contributed by atoms with Gasteiger partial charge in [0.25, 0.3) is 0 Å². The van der Waals surface area contributed by atoms with Crippen molar-refractivity contribution in [2.45, 2.75) is 34.6 Å². The largest absolute Gasteiger partial charge is 0.395 e. The van der Waals surface area contributed by atoms with Crippen LogP contribution in [-0.4, -0.2) is 24.8 Å². The first-order valence-corrected chi connectivity index (χ1v) is 4.63. The Morgan fingerprint density at radius 1 is 1.08 bits per heavy atom. The third kappa shape index (κ3) is 3.55. The van der Waals surface area contributed by atoms with Gasteiger partial charge in [-0.25, -0.2) is 0 Å². The van der Waals surface area contributed by atoms with E-state index in [2.05, 4.69) is 39.9 Å². The first-order chi connectivity index (χ1) is 5.31. The van der Waals surface area contributed by atoms with Crippen LogP contribution in [0.25, 0.3) is 0 Å². The van der Waals surface area contributed by atoms with Crippen molar-refractivity contribution in [2.24, 2.45) is 10.8 Å². The van der Waals surface area contributed by atoms with Gasteiger partial charge in [-0.05, 0) is 10.8 Å². The molecule has 0 unspecified atom stereocenters. The van der Waals surface area contributed by atoms with Crippen LogP contribution in [0.5, 0.6) is 0 Å². The molecule has 0 saturated heterocycles. The third-order valence-corrected chi connectivity index (χ3v) is 2.89. The van der Waals surface area contributed by atoms with Crippen molar-refractivity contribution in [1.29, 1.82) is 0 Å². The molecule has 2 nitrogen and oxygen atoms in total. The first-order valence-electron chi connectivity index (χ1n) is 4.63. The fourth-order valence-corrected chi connectivity index (χ4v) is 0.745. The molecule has 0 aliphatic rings. The Labute approximate surface area is 76.4 Å². The van der Waals surface area contributed by atoms with E-state index >= 15 is 0 Å². The van der Waals surface area contributed by atoms with E-state index < -0.39 is 0 Å². The minimum Gasteiger partial charge on any atom is -0.395 e. The van der Waals surface area contributed by atoms with Crippen molar-refractivity contribution in [3.8, 4) is 0 Å². The molecular weight excluding hydrogens is 150 g/mol. The zero-order valence-electron chi connectivity index (χ0n) is 9.07. The van der Waals surface area contributed by atoms with E-state index in [1.807, 2.05) is 0 Å². The third-order valence-electron chi connectivity index (χ3n) is 2.89. The average molecular weight is 173 g/mol. The van der Waals surface area contributed by atoms with E-state index in [1.165, 1.54) is 0 Å². The molecule has 0 aromatic carbocycles. The molecule has 0 amide bonds. The van der Waals surface area contributed by atoms with Crippen molar-refractivity contribution >= 4 is 0 Å². The minimum atomic E-state index is 0.222. The van der Waals surface area contributed by atoms with Gasteiger partial charge in [-0.2, -0.15) is 0 Å². The van der Waals surface area contributed by atoms with Crippen molar-refractivity contribution in [3.63, 3.8) is 0 Å². The molecule has 0 heterocycles. The summed E-state index contributed by atoms with van der Waals surface area (Å²) >= 11 is 0. The lowest BCUT2D eigenvalue weighted by atomic mass is 9.69. The normalized spacial score (nSPS) is 13.5. The summed E-state index contributed by atoms with van der Waals surface area (Å²) in [5.74, 6) is 0. The SMILES string of the molecule is CC(C)(C)C(C)(C)CNCCO. The molecule has 0 radical (unpaired) electrons. The van der Waals surface area contributed by atoms with Crippen LogP contribution >= 0.6 is 0 Å². The number of hydrogen-bond acceptors (Lipinski definition) is 2. The Bertz CT molecular complexity index is 124. The van der Waals surface area contributed by atoms with Crippen molar-refractivity contribution in [3.05, 3.63) is 0 Å². The monoisotopic (exact) mass is 173 g/mol. The van der Waals surface area contributed by atoms with Gasteiger partial charge in [0.1, 0.15) is 0 Å². The summed E-state index contributed by atoms with van der Waals surface area (Å²) in [5.41, 5.74) is 0.567. The number of aliphatic hydroxyl groups excluding tert-OH is 1. The summed E-state index contributed by atoms with van der Waals surface area (Å²) in [4.78, 5) is 0. The predicted octanol–water partition coefficient (Wildman–Crippen LogP) is 1.64. The lowest BCUT2D eigenvalue weighted by Crippen LogP contribution is -2.40. The molecule has 0 atom stereocenters. The van der Waals surface area contributed by atoms with Gasteiger partial charge < -0.3 is 10.4 Å². The highest BCUT2D eigenvalue weighted by molar-refractivity contribution is 4.83. The summed E-state index contributed by atoms with van der Waals surface area (Å²) in [5, 5.41) is 11.8. The Balaban J connectivity index is 3.88. The van der Waals surface area contributed by atoms with Gasteiger partial charge in [0.05, 0.1) is 6.61 Å². The van der Waals surface area contributed by atoms with Crippen molar-refractivity contribution in [1.82, 2.24) is 5.32 Å². The maximum atomic E-state index is 8.60. The van der Waals surface area contributed by atoms with E-state index in [0.717, 1.165) is 6.54 Å². The van der Waals surface area contributed by atoms with Gasteiger partial charge in [0.2, 0.25) is 0 Å². The molecule has 0 aliphatic carbocycles. The maximum absolute atomic E-state index is 8.60. The Hall–Kier alpha value is -0.0800. The molecule has 2 N–H and O–H groups in total. The van der Waals surface area contributed by atoms with Gasteiger partial charge in [0.15, 0.2) is 0 Å². The first kappa shape index (κ1) is 11.9. The number of aliphatic hydroxyl groups is 1. The molecule has 74 valence electrons. The highest BCUT2D eigenvalue weighted by Crippen LogP contribution is 2.36. The molecule has 0 saturated carbocycles. The van der Waals surface area contributed by atoms with Crippen LogP contribution in [0, 0.1) is 10.8 Å². The summed E-state index contributed by atoms with van der Waals surface area (Å²) < 4.78 is 0. The lowest BCUT2D eigenvalue weighted by molar-refractivity contribution is 0.126. The van der Waals surface area contributed by atoms with Gasteiger partial charge in [-0.15, -0.1) is 0 Å². The second-order valence-corrected chi connectivity index (χ2v) is 5.03. The Kier molecular flexibility index (Phi) is 4.21. The molecule has 0 spiro atoms. The zero-order chi connectivity index (χ0) is 9.83.